The van der Waals surface area contributed by atoms with E-state index in [1.54, 1.807) is 31.2 Å². The van der Waals surface area contributed by atoms with Gasteiger partial charge in [-0.05, 0) is 43.3 Å². The Balaban J connectivity index is 1.90. The third-order valence-corrected chi connectivity index (χ3v) is 3.59. The third-order valence-electron chi connectivity index (χ3n) is 3.59. The number of amides is 1. The fraction of sp³-hybridized carbons (Fsp3) is 0.111. The fourth-order valence-corrected chi connectivity index (χ4v) is 2.38. The number of halogens is 1. The van der Waals surface area contributed by atoms with Gasteiger partial charge in [-0.1, -0.05) is 0 Å². The number of hydrogen-bond donors (Lipinski definition) is 2. The molecule has 0 aliphatic heterocycles. The number of aromatic nitrogens is 2. The van der Waals surface area contributed by atoms with Crippen LogP contribution in [0.2, 0.25) is 0 Å². The van der Waals surface area contributed by atoms with Crippen molar-refractivity contribution >= 4 is 11.7 Å². The van der Waals surface area contributed by atoms with Crippen LogP contribution in [-0.4, -0.2) is 27.9 Å². The summed E-state index contributed by atoms with van der Waals surface area (Å²) in [6.45, 7) is 1.78. The largest absolute Gasteiger partial charge is 0.507 e. The summed E-state index contributed by atoms with van der Waals surface area (Å²) in [5.74, 6) is -0.197. The van der Waals surface area contributed by atoms with Crippen LogP contribution in [0.1, 0.15) is 16.1 Å². The van der Waals surface area contributed by atoms with Gasteiger partial charge in [-0.3, -0.25) is 4.79 Å². The monoisotopic (exact) mass is 341 g/mol. The van der Waals surface area contributed by atoms with Crippen LogP contribution in [0.5, 0.6) is 11.5 Å². The molecule has 0 bridgehead atoms. The SMILES string of the molecule is COc1ccc(C(=O)Nc2cc(C)nn2-c2ccc(F)cc2)c(O)c1. The van der Waals surface area contributed by atoms with Crippen molar-refractivity contribution in [3.05, 3.63) is 65.6 Å². The number of aromatic hydroxyl groups is 1. The first-order valence-corrected chi connectivity index (χ1v) is 7.49. The van der Waals surface area contributed by atoms with Gasteiger partial charge in [-0.15, -0.1) is 0 Å². The van der Waals surface area contributed by atoms with E-state index in [2.05, 4.69) is 10.4 Å². The number of hydrogen-bond acceptors (Lipinski definition) is 4. The molecule has 0 unspecified atom stereocenters. The summed E-state index contributed by atoms with van der Waals surface area (Å²) in [5.41, 5.74) is 1.38. The minimum absolute atomic E-state index is 0.102. The predicted octanol–water partition coefficient (Wildman–Crippen LogP) is 3.29. The lowest BCUT2D eigenvalue weighted by Crippen LogP contribution is -2.15. The maximum Gasteiger partial charge on any atom is 0.260 e. The zero-order valence-electron chi connectivity index (χ0n) is 13.7. The average molecular weight is 341 g/mol. The lowest BCUT2D eigenvalue weighted by Gasteiger charge is -2.10. The molecule has 0 aliphatic carbocycles. The van der Waals surface area contributed by atoms with Crippen LogP contribution in [0.3, 0.4) is 0 Å². The van der Waals surface area contributed by atoms with Crippen molar-refractivity contribution < 1.29 is 19.0 Å². The standard InChI is InChI=1S/C18H16FN3O3/c1-11-9-17(22(21-11)13-5-3-12(19)4-6-13)20-18(24)15-8-7-14(25-2)10-16(15)23/h3-10,23H,1-2H3,(H,20,24). The van der Waals surface area contributed by atoms with Crippen molar-refractivity contribution in [1.29, 1.82) is 0 Å². The summed E-state index contributed by atoms with van der Waals surface area (Å²) in [6.07, 6.45) is 0. The van der Waals surface area contributed by atoms with Crippen molar-refractivity contribution in [3.63, 3.8) is 0 Å². The van der Waals surface area contributed by atoms with E-state index in [1.807, 2.05) is 0 Å². The molecule has 0 radical (unpaired) electrons. The predicted molar refractivity (Wildman–Crippen MR) is 90.9 cm³/mol. The number of nitrogens with zero attached hydrogens (tertiary/aromatic N) is 2. The molecule has 3 aromatic rings. The number of rotatable bonds is 4. The maximum absolute atomic E-state index is 13.1. The molecule has 0 aliphatic rings. The second-order valence-corrected chi connectivity index (χ2v) is 5.40. The molecule has 0 saturated carbocycles. The Morgan fingerprint density at radius 2 is 1.92 bits per heavy atom. The molecule has 1 amide bonds. The number of benzene rings is 2. The van der Waals surface area contributed by atoms with Crippen LogP contribution in [0.15, 0.2) is 48.5 Å². The summed E-state index contributed by atoms with van der Waals surface area (Å²) >= 11 is 0. The number of nitrogens with one attached hydrogen (secondary N) is 1. The molecule has 2 aromatic carbocycles. The molecule has 25 heavy (non-hydrogen) atoms. The van der Waals surface area contributed by atoms with E-state index in [9.17, 15) is 14.3 Å². The zero-order valence-corrected chi connectivity index (χ0v) is 13.7. The van der Waals surface area contributed by atoms with Crippen molar-refractivity contribution in [3.8, 4) is 17.2 Å². The van der Waals surface area contributed by atoms with Crippen molar-refractivity contribution in [2.45, 2.75) is 6.92 Å². The number of ether oxygens (including phenoxy) is 1. The Morgan fingerprint density at radius 3 is 2.56 bits per heavy atom. The molecular formula is C18H16FN3O3. The van der Waals surface area contributed by atoms with E-state index >= 15 is 0 Å². The van der Waals surface area contributed by atoms with Gasteiger partial charge in [0.15, 0.2) is 0 Å². The molecule has 0 atom stereocenters. The van der Waals surface area contributed by atoms with Crippen LogP contribution in [-0.2, 0) is 0 Å². The van der Waals surface area contributed by atoms with E-state index in [1.165, 1.54) is 36.1 Å². The first-order valence-electron chi connectivity index (χ1n) is 7.49. The summed E-state index contributed by atoms with van der Waals surface area (Å²) in [7, 11) is 1.47. The molecule has 3 rings (SSSR count). The first kappa shape index (κ1) is 16.5. The Morgan fingerprint density at radius 1 is 1.20 bits per heavy atom. The highest BCUT2D eigenvalue weighted by atomic mass is 19.1. The second-order valence-electron chi connectivity index (χ2n) is 5.40. The second kappa shape index (κ2) is 6.64. The van der Waals surface area contributed by atoms with Gasteiger partial charge in [0.25, 0.3) is 5.91 Å². The molecule has 7 heteroatoms. The highest BCUT2D eigenvalue weighted by Crippen LogP contribution is 2.25. The number of phenolic OH excluding ortho intramolecular Hbond substituents is 1. The summed E-state index contributed by atoms with van der Waals surface area (Å²) in [4.78, 5) is 12.5. The van der Waals surface area contributed by atoms with Crippen molar-refractivity contribution in [2.24, 2.45) is 0 Å². The quantitative estimate of drug-likeness (QED) is 0.763. The zero-order chi connectivity index (χ0) is 18.0. The van der Waals surface area contributed by atoms with Crippen LogP contribution in [0.25, 0.3) is 5.69 Å². The van der Waals surface area contributed by atoms with Gasteiger partial charge in [-0.25, -0.2) is 9.07 Å². The normalized spacial score (nSPS) is 10.5. The van der Waals surface area contributed by atoms with Crippen LogP contribution >= 0.6 is 0 Å². The summed E-state index contributed by atoms with van der Waals surface area (Å²) < 4.78 is 19.6. The highest BCUT2D eigenvalue weighted by molar-refractivity contribution is 6.06. The summed E-state index contributed by atoms with van der Waals surface area (Å²) in [5, 5.41) is 17.0. The molecule has 128 valence electrons. The molecule has 1 heterocycles. The van der Waals surface area contributed by atoms with Gasteiger partial charge in [-0.2, -0.15) is 5.10 Å². The third kappa shape index (κ3) is 3.45. The van der Waals surface area contributed by atoms with Crippen LogP contribution in [0.4, 0.5) is 10.2 Å². The number of phenols is 1. The van der Waals surface area contributed by atoms with Gasteiger partial charge < -0.3 is 15.2 Å². The molecule has 2 N–H and O–H groups in total. The van der Waals surface area contributed by atoms with Crippen molar-refractivity contribution in [1.82, 2.24) is 9.78 Å². The van der Waals surface area contributed by atoms with Gasteiger partial charge >= 0.3 is 0 Å². The van der Waals surface area contributed by atoms with Gasteiger partial charge in [0, 0.05) is 12.1 Å². The van der Waals surface area contributed by atoms with E-state index in [4.69, 9.17) is 4.74 Å². The van der Waals surface area contributed by atoms with E-state index in [-0.39, 0.29) is 17.1 Å². The lowest BCUT2D eigenvalue weighted by atomic mass is 10.2. The van der Waals surface area contributed by atoms with E-state index < -0.39 is 5.91 Å². The molecule has 0 fully saturated rings. The van der Waals surface area contributed by atoms with Crippen LogP contribution < -0.4 is 10.1 Å². The Hall–Kier alpha value is -3.35. The molecule has 1 aromatic heterocycles. The topological polar surface area (TPSA) is 76.4 Å². The fourth-order valence-electron chi connectivity index (χ4n) is 2.38. The number of anilines is 1. The Bertz CT molecular complexity index is 920. The Labute approximate surface area is 143 Å². The maximum atomic E-state index is 13.1. The van der Waals surface area contributed by atoms with Gasteiger partial charge in [0.2, 0.25) is 0 Å². The summed E-state index contributed by atoms with van der Waals surface area (Å²) in [6, 6.07) is 11.8. The number of carbonyl (C=O) groups excluding carboxylic acids is 1. The minimum Gasteiger partial charge on any atom is -0.507 e. The Kier molecular flexibility index (Phi) is 4.38. The number of methoxy groups -OCH3 is 1. The van der Waals surface area contributed by atoms with Gasteiger partial charge in [0.05, 0.1) is 24.1 Å². The van der Waals surface area contributed by atoms with Gasteiger partial charge in [0.1, 0.15) is 23.1 Å². The molecule has 0 saturated heterocycles. The molecule has 0 spiro atoms. The highest BCUT2D eigenvalue weighted by Gasteiger charge is 2.16. The lowest BCUT2D eigenvalue weighted by molar-refractivity contribution is 0.102. The van der Waals surface area contributed by atoms with E-state index in [0.29, 0.717) is 22.9 Å². The molecular weight excluding hydrogens is 325 g/mol. The number of carbonyl (C=O) groups is 1. The van der Waals surface area contributed by atoms with Crippen molar-refractivity contribution in [2.75, 3.05) is 12.4 Å². The first-order chi connectivity index (χ1) is 12.0. The minimum atomic E-state index is -0.497. The smallest absolute Gasteiger partial charge is 0.260 e. The average Bonchev–Trinajstić information content (AvgIpc) is 2.95. The van der Waals surface area contributed by atoms with Crippen LogP contribution in [0, 0.1) is 12.7 Å². The number of aryl methyl sites for hydroxylation is 1. The van der Waals surface area contributed by atoms with E-state index in [0.717, 1.165) is 0 Å². The molecule has 6 nitrogen and oxygen atoms in total.